The van der Waals surface area contributed by atoms with Gasteiger partial charge in [-0.25, -0.2) is 22.3 Å². The van der Waals surface area contributed by atoms with Gasteiger partial charge in [0.15, 0.2) is 0 Å². The lowest BCUT2D eigenvalue weighted by Gasteiger charge is -2.09. The molecular formula is C14H11ClFNO4S. The average Bonchev–Trinajstić information content (AvgIpc) is 2.46. The number of rotatable bonds is 5. The molecule has 2 N–H and O–H groups in total. The zero-order chi connectivity index (χ0) is 16.3. The first-order valence-corrected chi connectivity index (χ1v) is 7.93. The van der Waals surface area contributed by atoms with Crippen LogP contribution in [0.15, 0.2) is 47.4 Å². The van der Waals surface area contributed by atoms with Gasteiger partial charge in [-0.3, -0.25) is 0 Å². The Morgan fingerprint density at radius 1 is 1.23 bits per heavy atom. The molecular weight excluding hydrogens is 333 g/mol. The highest BCUT2D eigenvalue weighted by Crippen LogP contribution is 2.18. The molecule has 0 unspecified atom stereocenters. The van der Waals surface area contributed by atoms with Crippen molar-refractivity contribution in [3.8, 4) is 0 Å². The lowest BCUT2D eigenvalue weighted by Crippen LogP contribution is -2.23. The van der Waals surface area contributed by atoms with Gasteiger partial charge in [0.05, 0.1) is 10.5 Å². The highest BCUT2D eigenvalue weighted by molar-refractivity contribution is 7.89. The van der Waals surface area contributed by atoms with Gasteiger partial charge in [-0.1, -0.05) is 29.8 Å². The molecule has 0 saturated carbocycles. The third kappa shape index (κ3) is 3.62. The number of carboxylic acids is 1. The third-order valence-corrected chi connectivity index (χ3v) is 4.66. The quantitative estimate of drug-likeness (QED) is 0.874. The Balaban J connectivity index is 2.26. The van der Waals surface area contributed by atoms with Gasteiger partial charge in [-0.2, -0.15) is 0 Å². The number of halogens is 2. The predicted octanol–water partition coefficient (Wildman–Crippen LogP) is 2.66. The Morgan fingerprint density at radius 3 is 2.55 bits per heavy atom. The number of aromatic carboxylic acids is 1. The summed E-state index contributed by atoms with van der Waals surface area (Å²) in [5, 5.41) is 9.23. The van der Waals surface area contributed by atoms with E-state index in [1.807, 2.05) is 0 Å². The number of hydrogen-bond donors (Lipinski definition) is 2. The Kier molecular flexibility index (Phi) is 4.80. The summed E-state index contributed by atoms with van der Waals surface area (Å²) in [7, 11) is -3.99. The summed E-state index contributed by atoms with van der Waals surface area (Å²) in [6, 6.07) is 9.25. The van der Waals surface area contributed by atoms with Gasteiger partial charge in [0.1, 0.15) is 5.82 Å². The van der Waals surface area contributed by atoms with Crippen LogP contribution in [0.1, 0.15) is 15.9 Å². The van der Waals surface area contributed by atoms with E-state index in [0.29, 0.717) is 10.6 Å². The molecule has 0 atom stereocenters. The molecule has 5 nitrogen and oxygen atoms in total. The first-order chi connectivity index (χ1) is 10.3. The third-order valence-electron chi connectivity index (χ3n) is 2.89. The van der Waals surface area contributed by atoms with E-state index in [-0.39, 0.29) is 11.4 Å². The molecule has 8 heteroatoms. The van der Waals surface area contributed by atoms with Crippen molar-refractivity contribution in [2.24, 2.45) is 0 Å². The van der Waals surface area contributed by atoms with Crippen molar-refractivity contribution in [3.63, 3.8) is 0 Å². The van der Waals surface area contributed by atoms with Gasteiger partial charge in [-0.15, -0.1) is 0 Å². The zero-order valence-corrected chi connectivity index (χ0v) is 12.7. The van der Waals surface area contributed by atoms with Crippen LogP contribution >= 0.6 is 11.6 Å². The highest BCUT2D eigenvalue weighted by atomic mass is 35.5. The van der Waals surface area contributed by atoms with Crippen LogP contribution in [0, 0.1) is 5.82 Å². The van der Waals surface area contributed by atoms with E-state index in [2.05, 4.69) is 4.72 Å². The second-order valence-electron chi connectivity index (χ2n) is 4.36. The molecule has 0 aliphatic carbocycles. The molecule has 116 valence electrons. The minimum absolute atomic E-state index is 0.0677. The van der Waals surface area contributed by atoms with E-state index in [0.717, 1.165) is 18.2 Å². The molecule has 2 rings (SSSR count). The van der Waals surface area contributed by atoms with Crippen molar-refractivity contribution in [2.45, 2.75) is 11.4 Å². The van der Waals surface area contributed by atoms with Crippen molar-refractivity contribution in [1.82, 2.24) is 4.72 Å². The summed E-state index contributed by atoms with van der Waals surface area (Å²) >= 11 is 5.92. The standard InChI is InChI=1S/C14H11ClFNO4S/c15-12-4-2-1-3-9(12)8-17-22(20,21)10-5-6-13(16)11(7-10)14(18)19/h1-7,17H,8H2,(H,18,19). The number of benzene rings is 2. The molecule has 2 aromatic rings. The van der Waals surface area contributed by atoms with Crippen LogP contribution in [0.2, 0.25) is 5.02 Å². The van der Waals surface area contributed by atoms with Gasteiger partial charge in [0.25, 0.3) is 0 Å². The molecule has 2 aromatic carbocycles. The largest absolute Gasteiger partial charge is 0.478 e. The van der Waals surface area contributed by atoms with Crippen molar-refractivity contribution < 1.29 is 22.7 Å². The molecule has 0 spiro atoms. The minimum atomic E-state index is -3.99. The van der Waals surface area contributed by atoms with Gasteiger partial charge in [0.2, 0.25) is 10.0 Å². The van der Waals surface area contributed by atoms with Crippen LogP contribution in [0.3, 0.4) is 0 Å². The number of nitrogens with one attached hydrogen (secondary N) is 1. The predicted molar refractivity (Wildman–Crippen MR) is 78.8 cm³/mol. The lowest BCUT2D eigenvalue weighted by atomic mass is 10.2. The van der Waals surface area contributed by atoms with Crippen molar-refractivity contribution >= 4 is 27.6 Å². The van der Waals surface area contributed by atoms with Crippen molar-refractivity contribution in [1.29, 1.82) is 0 Å². The molecule has 0 aromatic heterocycles. The van der Waals surface area contributed by atoms with E-state index >= 15 is 0 Å². The zero-order valence-electron chi connectivity index (χ0n) is 11.1. The van der Waals surface area contributed by atoms with Crippen LogP contribution in [0.25, 0.3) is 0 Å². The summed E-state index contributed by atoms with van der Waals surface area (Å²) in [4.78, 5) is 10.5. The molecule has 0 aliphatic heterocycles. The molecule has 0 radical (unpaired) electrons. The average molecular weight is 344 g/mol. The normalized spacial score (nSPS) is 11.4. The summed E-state index contributed by atoms with van der Waals surface area (Å²) in [5.41, 5.74) is -0.145. The van der Waals surface area contributed by atoms with E-state index in [1.54, 1.807) is 24.3 Å². The van der Waals surface area contributed by atoms with Gasteiger partial charge >= 0.3 is 5.97 Å². The number of carboxylic acid groups (broad SMARTS) is 1. The van der Waals surface area contributed by atoms with Gasteiger partial charge in [0, 0.05) is 11.6 Å². The molecule has 0 aliphatic rings. The number of sulfonamides is 1. The maximum absolute atomic E-state index is 13.3. The molecule has 0 fully saturated rings. The highest BCUT2D eigenvalue weighted by Gasteiger charge is 2.19. The molecule has 0 amide bonds. The smallest absolute Gasteiger partial charge is 0.338 e. The Labute approximate surface area is 131 Å². The molecule has 0 heterocycles. The van der Waals surface area contributed by atoms with Crippen LogP contribution in [0.5, 0.6) is 0 Å². The molecule has 0 saturated heterocycles. The Morgan fingerprint density at radius 2 is 1.91 bits per heavy atom. The second-order valence-corrected chi connectivity index (χ2v) is 6.54. The Bertz CT molecular complexity index is 823. The van der Waals surface area contributed by atoms with Crippen LogP contribution < -0.4 is 4.72 Å². The SMILES string of the molecule is O=C(O)c1cc(S(=O)(=O)NCc2ccccc2Cl)ccc1F. The topological polar surface area (TPSA) is 83.5 Å². The second kappa shape index (κ2) is 6.43. The fourth-order valence-corrected chi connectivity index (χ4v) is 2.97. The van der Waals surface area contributed by atoms with E-state index in [4.69, 9.17) is 16.7 Å². The summed E-state index contributed by atoms with van der Waals surface area (Å²) < 4.78 is 39.9. The minimum Gasteiger partial charge on any atom is -0.478 e. The summed E-state index contributed by atoms with van der Waals surface area (Å²) in [5.74, 6) is -2.54. The van der Waals surface area contributed by atoms with E-state index in [9.17, 15) is 17.6 Å². The number of hydrogen-bond acceptors (Lipinski definition) is 3. The van der Waals surface area contributed by atoms with Gasteiger partial charge < -0.3 is 5.11 Å². The first kappa shape index (κ1) is 16.4. The molecule has 22 heavy (non-hydrogen) atoms. The first-order valence-electron chi connectivity index (χ1n) is 6.07. The maximum Gasteiger partial charge on any atom is 0.338 e. The fraction of sp³-hybridized carbons (Fsp3) is 0.0714. The maximum atomic E-state index is 13.3. The monoisotopic (exact) mass is 343 g/mol. The summed E-state index contributed by atoms with van der Waals surface area (Å²) in [6.07, 6.45) is 0. The number of carbonyl (C=O) groups is 1. The van der Waals surface area contributed by atoms with Crippen molar-refractivity contribution in [2.75, 3.05) is 0 Å². The van der Waals surface area contributed by atoms with Gasteiger partial charge in [-0.05, 0) is 29.8 Å². The Hall–Kier alpha value is -1.96. The van der Waals surface area contributed by atoms with Crippen molar-refractivity contribution in [3.05, 3.63) is 64.4 Å². The lowest BCUT2D eigenvalue weighted by molar-refractivity contribution is 0.0691. The van der Waals surface area contributed by atoms with E-state index in [1.165, 1.54) is 0 Å². The molecule has 0 bridgehead atoms. The van der Waals surface area contributed by atoms with Crippen LogP contribution in [-0.4, -0.2) is 19.5 Å². The summed E-state index contributed by atoms with van der Waals surface area (Å²) in [6.45, 7) is -0.0677. The van der Waals surface area contributed by atoms with E-state index < -0.39 is 27.4 Å². The fourth-order valence-electron chi connectivity index (χ4n) is 1.73. The van der Waals surface area contributed by atoms with Crippen LogP contribution in [0.4, 0.5) is 4.39 Å². The van der Waals surface area contributed by atoms with Crippen LogP contribution in [-0.2, 0) is 16.6 Å².